The number of fused-ring (bicyclic) bond motifs is 2. The van der Waals surface area contributed by atoms with E-state index in [-0.39, 0.29) is 36.1 Å². The van der Waals surface area contributed by atoms with E-state index in [0.29, 0.717) is 36.5 Å². The van der Waals surface area contributed by atoms with Crippen molar-refractivity contribution in [1.82, 2.24) is 19.4 Å². The van der Waals surface area contributed by atoms with Crippen LogP contribution in [-0.2, 0) is 23.2 Å². The molecule has 2 aromatic rings. The molecule has 40 heavy (non-hydrogen) atoms. The Bertz CT molecular complexity index is 1440. The third kappa shape index (κ3) is 4.38. The van der Waals surface area contributed by atoms with Gasteiger partial charge in [-0.25, -0.2) is 9.59 Å². The number of rotatable bonds is 5. The van der Waals surface area contributed by atoms with Crippen LogP contribution in [0.5, 0.6) is 0 Å². The van der Waals surface area contributed by atoms with E-state index in [4.69, 9.17) is 16.4 Å². The highest BCUT2D eigenvalue weighted by Gasteiger charge is 2.54. The lowest BCUT2D eigenvalue weighted by Crippen LogP contribution is -2.59. The summed E-state index contributed by atoms with van der Waals surface area (Å²) in [6, 6.07) is 6.59. The number of aromatic nitrogens is 2. The molecule has 0 radical (unpaired) electrons. The number of anilines is 2. The predicted molar refractivity (Wildman–Crippen MR) is 141 cm³/mol. The Labute approximate surface area is 232 Å². The number of hydroxylamine groups is 1. The Morgan fingerprint density at radius 3 is 2.55 bits per heavy atom. The second-order valence-corrected chi connectivity index (χ2v) is 11.3. The molecule has 216 valence electrons. The fourth-order valence-corrected chi connectivity index (χ4v) is 6.93. The molecule has 1 saturated carbocycles. The van der Waals surface area contributed by atoms with Gasteiger partial charge in [-0.05, 0) is 43.4 Å². The first kappa shape index (κ1) is 27.2. The van der Waals surface area contributed by atoms with E-state index in [2.05, 4.69) is 5.32 Å². The summed E-state index contributed by atoms with van der Waals surface area (Å²) in [6.45, 7) is 1.88. The first-order valence-corrected chi connectivity index (χ1v) is 13.9. The van der Waals surface area contributed by atoms with Gasteiger partial charge in [0.1, 0.15) is 0 Å². The van der Waals surface area contributed by atoms with Gasteiger partial charge in [0.05, 0.1) is 0 Å². The summed E-state index contributed by atoms with van der Waals surface area (Å²) >= 11 is 6.50. The van der Waals surface area contributed by atoms with Crippen LogP contribution >= 0.6 is 11.6 Å². The highest BCUT2D eigenvalue weighted by Crippen LogP contribution is 2.43. The minimum Gasteiger partial charge on any atom is -0.327 e. The maximum Gasteiger partial charge on any atom is 0.493 e. The number of hydrogen-bond acceptors (Lipinski definition) is 8. The van der Waals surface area contributed by atoms with E-state index in [1.165, 1.54) is 11.6 Å². The zero-order valence-electron chi connectivity index (χ0n) is 21.9. The number of alkyl halides is 3. The molecule has 0 amide bonds. The molecule has 2 saturated heterocycles. The Balaban J connectivity index is 1.57. The summed E-state index contributed by atoms with van der Waals surface area (Å²) in [5.74, 6) is -2.38. The minimum absolute atomic E-state index is 0.00306. The number of carbonyl (C=O) groups excluding carboxylic acids is 1. The smallest absolute Gasteiger partial charge is 0.327 e. The molecular formula is C26H30ClF3N6O4. The Kier molecular flexibility index (Phi) is 6.86. The molecule has 14 heteroatoms. The largest absolute Gasteiger partial charge is 0.493 e. The van der Waals surface area contributed by atoms with Crippen molar-refractivity contribution in [3.63, 3.8) is 0 Å². The van der Waals surface area contributed by atoms with Crippen LogP contribution < -0.4 is 26.5 Å². The second-order valence-electron chi connectivity index (χ2n) is 10.9. The maximum atomic E-state index is 14.2. The van der Waals surface area contributed by atoms with E-state index >= 15 is 0 Å². The Hall–Kier alpha value is -3.03. The van der Waals surface area contributed by atoms with Crippen molar-refractivity contribution in [2.24, 2.45) is 13.0 Å². The maximum absolute atomic E-state index is 14.2. The highest BCUT2D eigenvalue weighted by atomic mass is 35.5. The molecule has 1 aromatic heterocycles. The van der Waals surface area contributed by atoms with E-state index in [1.807, 2.05) is 4.90 Å². The molecule has 1 aromatic carbocycles. The lowest BCUT2D eigenvalue weighted by molar-refractivity contribution is -0.203. The summed E-state index contributed by atoms with van der Waals surface area (Å²) in [5, 5.41) is 4.55. The van der Waals surface area contributed by atoms with Gasteiger partial charge >= 0.3 is 17.8 Å². The van der Waals surface area contributed by atoms with Gasteiger partial charge in [0.15, 0.2) is 17.8 Å². The van der Waals surface area contributed by atoms with Crippen LogP contribution in [0.1, 0.15) is 43.7 Å². The normalized spacial score (nSPS) is 25.1. The molecule has 3 aliphatic heterocycles. The van der Waals surface area contributed by atoms with Crippen LogP contribution in [-0.4, -0.2) is 58.1 Å². The van der Waals surface area contributed by atoms with Crippen LogP contribution in [0.4, 0.5) is 24.7 Å². The molecule has 0 spiro atoms. The van der Waals surface area contributed by atoms with Crippen LogP contribution in [0, 0.1) is 5.92 Å². The average Bonchev–Trinajstić information content (AvgIpc) is 3.69. The molecule has 0 bridgehead atoms. The van der Waals surface area contributed by atoms with Gasteiger partial charge in [0.25, 0.3) is 5.56 Å². The molecule has 3 unspecified atom stereocenters. The molecule has 1 N–H and O–H groups in total. The van der Waals surface area contributed by atoms with E-state index in [9.17, 15) is 27.6 Å². The number of benzene rings is 1. The van der Waals surface area contributed by atoms with Gasteiger partial charge < -0.3 is 15.1 Å². The Morgan fingerprint density at radius 2 is 1.85 bits per heavy atom. The fourth-order valence-electron chi connectivity index (χ4n) is 6.73. The second kappa shape index (κ2) is 10.1. The molecule has 6 rings (SSSR count). The van der Waals surface area contributed by atoms with Crippen molar-refractivity contribution >= 4 is 29.1 Å². The molecule has 3 fully saturated rings. The van der Waals surface area contributed by atoms with Gasteiger partial charge in [0, 0.05) is 43.8 Å². The molecular weight excluding hydrogens is 553 g/mol. The minimum atomic E-state index is -5.29. The number of nitrogens with one attached hydrogen (secondary N) is 1. The van der Waals surface area contributed by atoms with Crippen LogP contribution in [0.25, 0.3) is 0 Å². The lowest BCUT2D eigenvalue weighted by Gasteiger charge is -2.39. The topological polar surface area (TPSA) is 92.1 Å². The van der Waals surface area contributed by atoms with E-state index < -0.39 is 29.7 Å². The quantitative estimate of drug-likeness (QED) is 0.576. The summed E-state index contributed by atoms with van der Waals surface area (Å²) in [6.07, 6.45) is -2.60. The number of likely N-dealkylation sites (tertiary alicyclic amines) is 1. The SMILES string of the molecule is Cn1c2c(c(=O)n(C3CCCC3)c1=O)N(Cc1ccccc1Cl)C(N1CCC3CNCC31)N2OC(=O)C(F)(F)F. The van der Waals surface area contributed by atoms with Gasteiger partial charge in [-0.15, -0.1) is 5.06 Å². The van der Waals surface area contributed by atoms with Crippen molar-refractivity contribution in [1.29, 1.82) is 0 Å². The summed E-state index contributed by atoms with van der Waals surface area (Å²) in [4.78, 5) is 48.7. The number of hydrogen-bond donors (Lipinski definition) is 1. The third-order valence-electron chi connectivity index (χ3n) is 8.61. The standard InChI is InChI=1S/C26H30ClF3N6O4/c1-32-21-20(22(37)35(25(32)39)17-7-3-4-8-17)34(14-16-6-2-5-9-18(16)27)24(36(21)40-23(38)26(28,29)30)33-11-10-15-12-31-13-19(15)33/h2,5-6,9,15,17,19,24,31H,3-4,7-8,10-14H2,1H3. The summed E-state index contributed by atoms with van der Waals surface area (Å²) < 4.78 is 42.9. The van der Waals surface area contributed by atoms with E-state index in [0.717, 1.165) is 35.4 Å². The monoisotopic (exact) mass is 582 g/mol. The first-order chi connectivity index (χ1) is 19.1. The van der Waals surface area contributed by atoms with Gasteiger partial charge in [-0.1, -0.05) is 42.6 Å². The van der Waals surface area contributed by atoms with Crippen molar-refractivity contribution in [3.05, 3.63) is 55.7 Å². The first-order valence-electron chi connectivity index (χ1n) is 13.5. The van der Waals surface area contributed by atoms with Gasteiger partial charge in [0.2, 0.25) is 0 Å². The zero-order valence-corrected chi connectivity index (χ0v) is 22.6. The molecule has 1 aliphatic carbocycles. The number of carbonyl (C=O) groups is 1. The molecule has 4 heterocycles. The molecule has 10 nitrogen and oxygen atoms in total. The number of nitrogens with zero attached hydrogens (tertiary/aromatic N) is 5. The molecule has 4 aliphatic rings. The summed E-state index contributed by atoms with van der Waals surface area (Å²) in [5.41, 5.74) is -0.648. The summed E-state index contributed by atoms with van der Waals surface area (Å²) in [7, 11) is 1.39. The lowest BCUT2D eigenvalue weighted by atomic mass is 10.1. The third-order valence-corrected chi connectivity index (χ3v) is 8.98. The average molecular weight is 583 g/mol. The van der Waals surface area contributed by atoms with Crippen LogP contribution in [0.3, 0.4) is 0 Å². The zero-order chi connectivity index (χ0) is 28.3. The van der Waals surface area contributed by atoms with Crippen LogP contribution in [0.15, 0.2) is 33.9 Å². The van der Waals surface area contributed by atoms with Crippen molar-refractivity contribution in [3.8, 4) is 0 Å². The van der Waals surface area contributed by atoms with Crippen molar-refractivity contribution < 1.29 is 22.8 Å². The van der Waals surface area contributed by atoms with Gasteiger partial charge in [-0.2, -0.15) is 13.2 Å². The van der Waals surface area contributed by atoms with Crippen LogP contribution in [0.2, 0.25) is 5.02 Å². The molecule has 3 atom stereocenters. The van der Waals surface area contributed by atoms with Crippen molar-refractivity contribution in [2.45, 2.75) is 63.2 Å². The Morgan fingerprint density at radius 1 is 1.12 bits per heavy atom. The fraction of sp³-hybridized carbons (Fsp3) is 0.577. The van der Waals surface area contributed by atoms with Gasteiger partial charge in [-0.3, -0.25) is 18.8 Å². The van der Waals surface area contributed by atoms with E-state index in [1.54, 1.807) is 29.2 Å². The number of halogens is 4. The van der Waals surface area contributed by atoms with Crippen molar-refractivity contribution in [2.75, 3.05) is 29.6 Å². The predicted octanol–water partition coefficient (Wildman–Crippen LogP) is 2.74. The highest BCUT2D eigenvalue weighted by molar-refractivity contribution is 6.31.